The molecule has 68 valence electrons. The van der Waals surface area contributed by atoms with Gasteiger partial charge in [-0.2, -0.15) is 0 Å². The summed E-state index contributed by atoms with van der Waals surface area (Å²) >= 11 is 7.64. The Labute approximate surface area is 82.3 Å². The minimum Gasteiger partial charge on any atom is -0.486 e. The molecule has 0 spiro atoms. The summed E-state index contributed by atoms with van der Waals surface area (Å²) in [6.45, 7) is 6.42. The lowest BCUT2D eigenvalue weighted by Gasteiger charge is -2.17. The molecule has 0 aliphatic heterocycles. The van der Waals surface area contributed by atoms with Crippen LogP contribution in [0.4, 0.5) is 0 Å². The van der Waals surface area contributed by atoms with Crippen molar-refractivity contribution in [2.45, 2.75) is 26.2 Å². The first-order chi connectivity index (χ1) is 5.46. The van der Waals surface area contributed by atoms with Gasteiger partial charge in [0.2, 0.25) is 0 Å². The highest BCUT2D eigenvalue weighted by Crippen LogP contribution is 2.40. The average Bonchev–Trinajstić information content (AvgIpc) is 2.29. The summed E-state index contributed by atoms with van der Waals surface area (Å²) in [7, 11) is 1.64. The van der Waals surface area contributed by atoms with Gasteiger partial charge in [-0.1, -0.05) is 32.4 Å². The molecule has 0 radical (unpaired) electrons. The molecular formula is C9H13ClOS. The van der Waals surface area contributed by atoms with Crippen LogP contribution >= 0.6 is 22.9 Å². The molecule has 1 nitrogen and oxygen atoms in total. The van der Waals surface area contributed by atoms with Gasteiger partial charge in [0.05, 0.1) is 12.1 Å². The fourth-order valence-electron chi connectivity index (χ4n) is 0.970. The summed E-state index contributed by atoms with van der Waals surface area (Å²) in [6, 6.07) is 0. The fourth-order valence-corrected chi connectivity index (χ4v) is 2.59. The molecule has 0 fully saturated rings. The third kappa shape index (κ3) is 1.75. The quantitative estimate of drug-likeness (QED) is 0.678. The van der Waals surface area contributed by atoms with E-state index in [0.717, 1.165) is 15.6 Å². The third-order valence-corrected chi connectivity index (χ3v) is 3.12. The molecule has 1 aromatic rings. The van der Waals surface area contributed by atoms with E-state index in [9.17, 15) is 0 Å². The summed E-state index contributed by atoms with van der Waals surface area (Å²) in [4.78, 5) is 0. The van der Waals surface area contributed by atoms with E-state index in [1.54, 1.807) is 18.4 Å². The Morgan fingerprint density at radius 1 is 1.42 bits per heavy atom. The number of thiophene rings is 1. The second-order valence-electron chi connectivity index (χ2n) is 3.70. The molecule has 1 rings (SSSR count). The van der Waals surface area contributed by atoms with Crippen molar-refractivity contribution in [2.75, 3.05) is 7.11 Å². The van der Waals surface area contributed by atoms with Crippen LogP contribution in [0.2, 0.25) is 5.02 Å². The number of hydrogen-bond acceptors (Lipinski definition) is 2. The highest BCUT2D eigenvalue weighted by molar-refractivity contribution is 7.12. The molecular weight excluding hydrogens is 192 g/mol. The number of methoxy groups -OCH3 is 1. The van der Waals surface area contributed by atoms with Crippen LogP contribution in [-0.4, -0.2) is 7.11 Å². The van der Waals surface area contributed by atoms with Crippen LogP contribution in [-0.2, 0) is 5.41 Å². The van der Waals surface area contributed by atoms with Crippen molar-refractivity contribution in [3.63, 3.8) is 0 Å². The first-order valence-electron chi connectivity index (χ1n) is 3.78. The lowest BCUT2D eigenvalue weighted by Crippen LogP contribution is -2.09. The standard InChI is InChI=1S/C9H13ClOS/c1-9(2,3)6-5-12-8(11-4)7(6)10/h5H,1-4H3. The molecule has 1 aromatic heterocycles. The van der Waals surface area contributed by atoms with E-state index < -0.39 is 0 Å². The molecule has 0 unspecified atom stereocenters. The molecule has 0 aliphatic carbocycles. The minimum atomic E-state index is 0.102. The van der Waals surface area contributed by atoms with Crippen molar-refractivity contribution >= 4 is 22.9 Å². The highest BCUT2D eigenvalue weighted by atomic mass is 35.5. The summed E-state index contributed by atoms with van der Waals surface area (Å²) in [5.74, 6) is 0. The molecule has 0 saturated carbocycles. The number of rotatable bonds is 1. The van der Waals surface area contributed by atoms with E-state index in [4.69, 9.17) is 16.3 Å². The zero-order chi connectivity index (χ0) is 9.35. The summed E-state index contributed by atoms with van der Waals surface area (Å²) in [6.07, 6.45) is 0. The van der Waals surface area contributed by atoms with Crippen molar-refractivity contribution in [3.05, 3.63) is 16.0 Å². The maximum Gasteiger partial charge on any atom is 0.192 e. The number of ether oxygens (including phenoxy) is 1. The third-order valence-electron chi connectivity index (χ3n) is 1.69. The maximum absolute atomic E-state index is 6.09. The highest BCUT2D eigenvalue weighted by Gasteiger charge is 2.21. The predicted molar refractivity (Wildman–Crippen MR) is 54.6 cm³/mol. The Morgan fingerprint density at radius 2 is 2.00 bits per heavy atom. The SMILES string of the molecule is COc1scc(C(C)(C)C)c1Cl. The van der Waals surface area contributed by atoms with E-state index in [1.807, 2.05) is 0 Å². The first kappa shape index (κ1) is 9.87. The van der Waals surface area contributed by atoms with Gasteiger partial charge in [0.25, 0.3) is 0 Å². The fraction of sp³-hybridized carbons (Fsp3) is 0.556. The second-order valence-corrected chi connectivity index (χ2v) is 4.93. The van der Waals surface area contributed by atoms with Crippen LogP contribution in [0.15, 0.2) is 5.38 Å². The van der Waals surface area contributed by atoms with Gasteiger partial charge in [-0.25, -0.2) is 0 Å². The number of hydrogen-bond donors (Lipinski definition) is 0. The van der Waals surface area contributed by atoms with Crippen LogP contribution < -0.4 is 4.74 Å². The predicted octanol–water partition coefficient (Wildman–Crippen LogP) is 3.71. The van der Waals surface area contributed by atoms with Crippen LogP contribution in [0.25, 0.3) is 0 Å². The lowest BCUT2D eigenvalue weighted by molar-refractivity contribution is 0.426. The Kier molecular flexibility index (Phi) is 2.69. The van der Waals surface area contributed by atoms with Gasteiger partial charge in [0.15, 0.2) is 5.06 Å². The summed E-state index contributed by atoms with van der Waals surface area (Å²) in [5, 5.41) is 3.62. The molecule has 0 bridgehead atoms. The van der Waals surface area contributed by atoms with Crippen LogP contribution in [0.3, 0.4) is 0 Å². The molecule has 12 heavy (non-hydrogen) atoms. The van der Waals surface area contributed by atoms with Crippen LogP contribution in [0, 0.1) is 0 Å². The molecule has 3 heteroatoms. The Balaban J connectivity index is 3.11. The van der Waals surface area contributed by atoms with Crippen molar-refractivity contribution in [3.8, 4) is 5.06 Å². The summed E-state index contributed by atoms with van der Waals surface area (Å²) in [5.41, 5.74) is 1.26. The van der Waals surface area contributed by atoms with Gasteiger partial charge < -0.3 is 4.74 Å². The van der Waals surface area contributed by atoms with E-state index in [0.29, 0.717) is 0 Å². The molecule has 1 heterocycles. The van der Waals surface area contributed by atoms with E-state index in [-0.39, 0.29) is 5.41 Å². The largest absolute Gasteiger partial charge is 0.486 e. The lowest BCUT2D eigenvalue weighted by atomic mass is 9.89. The van der Waals surface area contributed by atoms with E-state index in [1.165, 1.54) is 0 Å². The molecule has 0 saturated heterocycles. The smallest absolute Gasteiger partial charge is 0.192 e. The average molecular weight is 205 g/mol. The van der Waals surface area contributed by atoms with Gasteiger partial charge >= 0.3 is 0 Å². The van der Waals surface area contributed by atoms with Crippen molar-refractivity contribution < 1.29 is 4.74 Å². The Hall–Kier alpha value is -0.210. The van der Waals surface area contributed by atoms with Crippen molar-refractivity contribution in [2.24, 2.45) is 0 Å². The monoisotopic (exact) mass is 204 g/mol. The van der Waals surface area contributed by atoms with Crippen molar-refractivity contribution in [1.82, 2.24) is 0 Å². The Bertz CT molecular complexity index is 273. The Morgan fingerprint density at radius 3 is 2.25 bits per heavy atom. The molecule has 0 N–H and O–H groups in total. The number of halogens is 1. The normalized spacial score (nSPS) is 11.8. The van der Waals surface area contributed by atoms with Gasteiger partial charge in [-0.15, -0.1) is 11.3 Å². The maximum atomic E-state index is 6.09. The topological polar surface area (TPSA) is 9.23 Å². The van der Waals surface area contributed by atoms with Gasteiger partial charge in [0, 0.05) is 0 Å². The molecule has 0 aromatic carbocycles. The zero-order valence-electron chi connectivity index (χ0n) is 7.77. The molecule has 0 atom stereocenters. The van der Waals surface area contributed by atoms with E-state index in [2.05, 4.69) is 26.2 Å². The molecule has 0 amide bonds. The molecule has 0 aliphatic rings. The van der Waals surface area contributed by atoms with Crippen LogP contribution in [0.1, 0.15) is 26.3 Å². The van der Waals surface area contributed by atoms with E-state index >= 15 is 0 Å². The zero-order valence-corrected chi connectivity index (χ0v) is 9.34. The minimum absolute atomic E-state index is 0.102. The second kappa shape index (κ2) is 3.27. The summed E-state index contributed by atoms with van der Waals surface area (Å²) < 4.78 is 5.11. The first-order valence-corrected chi connectivity index (χ1v) is 5.04. The van der Waals surface area contributed by atoms with Gasteiger partial charge in [-0.3, -0.25) is 0 Å². The van der Waals surface area contributed by atoms with Crippen molar-refractivity contribution in [1.29, 1.82) is 0 Å². The van der Waals surface area contributed by atoms with Gasteiger partial charge in [-0.05, 0) is 16.4 Å². The van der Waals surface area contributed by atoms with Gasteiger partial charge in [0.1, 0.15) is 0 Å². The van der Waals surface area contributed by atoms with Crippen LogP contribution in [0.5, 0.6) is 5.06 Å².